The average Bonchev–Trinajstić information content (AvgIpc) is 3.43. The summed E-state index contributed by atoms with van der Waals surface area (Å²) in [6.45, 7) is 10.7. The van der Waals surface area contributed by atoms with Crippen molar-refractivity contribution in [1.82, 2.24) is 5.32 Å². The molecule has 2 N–H and O–H groups in total. The topological polar surface area (TPSA) is 41.1 Å². The molecule has 0 saturated heterocycles. The van der Waals surface area contributed by atoms with E-state index in [0.29, 0.717) is 12.1 Å². The largest absolute Gasteiger partial charge is 0.382 e. The second kappa shape index (κ2) is 8.90. The van der Waals surface area contributed by atoms with E-state index >= 15 is 0 Å². The quantitative estimate of drug-likeness (QED) is 0.519. The van der Waals surface area contributed by atoms with E-state index in [1.165, 1.54) is 70.3 Å². The molecule has 2 fully saturated rings. The van der Waals surface area contributed by atoms with Crippen molar-refractivity contribution in [3.8, 4) is 11.1 Å². The molecule has 31 heavy (non-hydrogen) atoms. The first-order valence-corrected chi connectivity index (χ1v) is 11.8. The van der Waals surface area contributed by atoms with E-state index < -0.39 is 0 Å². The van der Waals surface area contributed by atoms with Gasteiger partial charge in [0.2, 0.25) is 5.91 Å². The standard InChI is InChI=1S/C28H36N2O/c1-17(28(31)30-25-14-15-25)16-26-18(2)20(4)27(21(5)19(26)3)22-10-12-24(13-11-22)29-23-8-6-7-9-23/h10-13,16,23,25,29H,6-9,14-15H2,1-5H3,(H,30,31)/b17-16+. The molecule has 2 saturated carbocycles. The molecule has 4 rings (SSSR count). The van der Waals surface area contributed by atoms with E-state index in [1.54, 1.807) is 0 Å². The van der Waals surface area contributed by atoms with Crippen molar-refractivity contribution in [3.05, 3.63) is 57.7 Å². The number of anilines is 1. The second-order valence-electron chi connectivity index (χ2n) is 9.57. The Morgan fingerprint density at radius 3 is 1.97 bits per heavy atom. The van der Waals surface area contributed by atoms with Crippen LogP contribution in [0, 0.1) is 27.7 Å². The zero-order valence-corrected chi connectivity index (χ0v) is 19.7. The predicted molar refractivity (Wildman–Crippen MR) is 132 cm³/mol. The van der Waals surface area contributed by atoms with E-state index in [4.69, 9.17) is 0 Å². The van der Waals surface area contributed by atoms with Gasteiger partial charge in [0, 0.05) is 23.3 Å². The highest BCUT2D eigenvalue weighted by Crippen LogP contribution is 2.36. The van der Waals surface area contributed by atoms with Crippen molar-refractivity contribution in [2.75, 3.05) is 5.32 Å². The summed E-state index contributed by atoms with van der Waals surface area (Å²) in [5.74, 6) is 0.0611. The first-order valence-electron chi connectivity index (χ1n) is 11.8. The summed E-state index contributed by atoms with van der Waals surface area (Å²) in [6, 6.07) is 9.94. The number of hydrogen-bond donors (Lipinski definition) is 2. The molecule has 3 nitrogen and oxygen atoms in total. The van der Waals surface area contributed by atoms with Crippen LogP contribution in [0.1, 0.15) is 73.3 Å². The van der Waals surface area contributed by atoms with Crippen molar-refractivity contribution >= 4 is 17.7 Å². The zero-order valence-electron chi connectivity index (χ0n) is 19.7. The summed E-state index contributed by atoms with van der Waals surface area (Å²) in [6.07, 6.45) is 9.54. The van der Waals surface area contributed by atoms with E-state index in [-0.39, 0.29) is 5.91 Å². The third kappa shape index (κ3) is 4.71. The van der Waals surface area contributed by atoms with E-state index in [9.17, 15) is 4.79 Å². The third-order valence-corrected chi connectivity index (χ3v) is 7.21. The van der Waals surface area contributed by atoms with Gasteiger partial charge in [0.25, 0.3) is 0 Å². The Hall–Kier alpha value is -2.55. The number of benzene rings is 2. The fourth-order valence-corrected chi connectivity index (χ4v) is 4.84. The number of amides is 1. The SMILES string of the molecule is C/C(=C\c1c(C)c(C)c(-c2ccc(NC3CCCC3)cc2)c(C)c1C)C(=O)NC1CC1. The van der Waals surface area contributed by atoms with Crippen molar-refractivity contribution in [1.29, 1.82) is 0 Å². The molecule has 2 aromatic carbocycles. The van der Waals surface area contributed by atoms with Crippen molar-refractivity contribution in [2.24, 2.45) is 0 Å². The fourth-order valence-electron chi connectivity index (χ4n) is 4.84. The van der Waals surface area contributed by atoms with E-state index in [2.05, 4.69) is 68.7 Å². The molecule has 0 atom stereocenters. The van der Waals surface area contributed by atoms with Crippen LogP contribution in [0.5, 0.6) is 0 Å². The lowest BCUT2D eigenvalue weighted by Gasteiger charge is -2.20. The maximum atomic E-state index is 12.4. The lowest BCUT2D eigenvalue weighted by atomic mass is 9.85. The predicted octanol–water partition coefficient (Wildman–Crippen LogP) is 6.62. The van der Waals surface area contributed by atoms with Gasteiger partial charge in [-0.3, -0.25) is 4.79 Å². The first kappa shape index (κ1) is 21.7. The Balaban J connectivity index is 1.62. The van der Waals surface area contributed by atoms with Gasteiger partial charge in [-0.2, -0.15) is 0 Å². The molecule has 1 amide bonds. The smallest absolute Gasteiger partial charge is 0.247 e. The molecule has 0 aliphatic heterocycles. The minimum atomic E-state index is 0.0611. The van der Waals surface area contributed by atoms with Crippen LogP contribution in [0.25, 0.3) is 17.2 Å². The maximum Gasteiger partial charge on any atom is 0.247 e. The zero-order chi connectivity index (χ0) is 22.1. The van der Waals surface area contributed by atoms with Gasteiger partial charge in [0.1, 0.15) is 0 Å². The lowest BCUT2D eigenvalue weighted by Crippen LogP contribution is -2.25. The summed E-state index contributed by atoms with van der Waals surface area (Å²) < 4.78 is 0. The minimum Gasteiger partial charge on any atom is -0.382 e. The molecule has 2 aromatic rings. The molecular formula is C28H36N2O. The maximum absolute atomic E-state index is 12.4. The fraction of sp³-hybridized carbons (Fsp3) is 0.464. The highest BCUT2D eigenvalue weighted by Gasteiger charge is 2.24. The summed E-state index contributed by atoms with van der Waals surface area (Å²) in [5.41, 5.74) is 10.9. The number of nitrogens with one attached hydrogen (secondary N) is 2. The highest BCUT2D eigenvalue weighted by atomic mass is 16.1. The Morgan fingerprint density at radius 1 is 0.839 bits per heavy atom. The van der Waals surface area contributed by atoms with Crippen LogP contribution in [0.3, 0.4) is 0 Å². The van der Waals surface area contributed by atoms with Crippen molar-refractivity contribution in [3.63, 3.8) is 0 Å². The lowest BCUT2D eigenvalue weighted by molar-refractivity contribution is -0.117. The van der Waals surface area contributed by atoms with Gasteiger partial charge in [-0.15, -0.1) is 0 Å². The Bertz CT molecular complexity index is 977. The molecule has 2 aliphatic carbocycles. The van der Waals surface area contributed by atoms with Gasteiger partial charge in [0.05, 0.1) is 0 Å². The van der Waals surface area contributed by atoms with Crippen LogP contribution in [0.15, 0.2) is 29.8 Å². The normalized spacial score (nSPS) is 17.1. The number of rotatable bonds is 6. The van der Waals surface area contributed by atoms with Crippen LogP contribution in [0.4, 0.5) is 5.69 Å². The molecule has 0 radical (unpaired) electrons. The van der Waals surface area contributed by atoms with Gasteiger partial charge in [-0.25, -0.2) is 0 Å². The van der Waals surface area contributed by atoms with Crippen LogP contribution in [0.2, 0.25) is 0 Å². The van der Waals surface area contributed by atoms with Gasteiger partial charge >= 0.3 is 0 Å². The third-order valence-electron chi connectivity index (χ3n) is 7.21. The van der Waals surface area contributed by atoms with Crippen molar-refractivity contribution < 1.29 is 4.79 Å². The van der Waals surface area contributed by atoms with Crippen LogP contribution in [-0.4, -0.2) is 18.0 Å². The summed E-state index contributed by atoms with van der Waals surface area (Å²) in [4.78, 5) is 12.4. The molecule has 0 aromatic heterocycles. The molecule has 164 valence electrons. The number of carbonyl (C=O) groups excluding carboxylic acids is 1. The number of carbonyl (C=O) groups is 1. The number of hydrogen-bond acceptors (Lipinski definition) is 2. The summed E-state index contributed by atoms with van der Waals surface area (Å²) >= 11 is 0. The van der Waals surface area contributed by atoms with Crippen LogP contribution >= 0.6 is 0 Å². The molecular weight excluding hydrogens is 380 g/mol. The molecule has 2 aliphatic rings. The van der Waals surface area contributed by atoms with Crippen LogP contribution < -0.4 is 10.6 Å². The van der Waals surface area contributed by atoms with E-state index in [1.807, 2.05) is 6.92 Å². The Kier molecular flexibility index (Phi) is 6.22. The summed E-state index contributed by atoms with van der Waals surface area (Å²) in [5, 5.41) is 6.78. The van der Waals surface area contributed by atoms with Gasteiger partial charge in [-0.1, -0.05) is 25.0 Å². The highest BCUT2D eigenvalue weighted by molar-refractivity contribution is 5.98. The van der Waals surface area contributed by atoms with E-state index in [0.717, 1.165) is 18.4 Å². The van der Waals surface area contributed by atoms with Gasteiger partial charge in [-0.05, 0) is 117 Å². The van der Waals surface area contributed by atoms with Gasteiger partial charge < -0.3 is 10.6 Å². The van der Waals surface area contributed by atoms with Crippen molar-refractivity contribution in [2.45, 2.75) is 85.2 Å². The molecule has 3 heteroatoms. The van der Waals surface area contributed by atoms with Gasteiger partial charge in [0.15, 0.2) is 0 Å². The monoisotopic (exact) mass is 416 g/mol. The van der Waals surface area contributed by atoms with Crippen LogP contribution in [-0.2, 0) is 4.79 Å². The molecule has 0 spiro atoms. The Morgan fingerprint density at radius 2 is 1.42 bits per heavy atom. The molecule has 0 bridgehead atoms. The average molecular weight is 417 g/mol. The Labute approximate surface area is 187 Å². The summed E-state index contributed by atoms with van der Waals surface area (Å²) in [7, 11) is 0. The second-order valence-corrected chi connectivity index (χ2v) is 9.57. The first-order chi connectivity index (χ1) is 14.8. The molecule has 0 unspecified atom stereocenters. The minimum absolute atomic E-state index is 0.0611. The molecule has 0 heterocycles.